The first kappa shape index (κ1) is 21.2. The molecule has 3 N–H and O–H groups in total. The van der Waals surface area contributed by atoms with Crippen molar-refractivity contribution in [3.63, 3.8) is 0 Å². The number of aromatic nitrogens is 1. The number of likely N-dealkylation sites (tertiary alicyclic amines) is 1. The number of hydrogen-bond donors (Lipinski definition) is 2. The Hall–Kier alpha value is -3.00. The minimum atomic E-state index is -3.33. The second kappa shape index (κ2) is 8.26. The van der Waals surface area contributed by atoms with E-state index >= 15 is 0 Å². The largest absolute Gasteiger partial charge is 0.396 e. The fourth-order valence-corrected chi connectivity index (χ4v) is 4.84. The molecule has 8 heteroatoms. The lowest BCUT2D eigenvalue weighted by Gasteiger charge is -2.15. The highest BCUT2D eigenvalue weighted by Gasteiger charge is 2.22. The number of fused-ring (bicyclic) bond motifs is 1. The zero-order valence-corrected chi connectivity index (χ0v) is 18.7. The number of amides is 1. The highest BCUT2D eigenvalue weighted by molar-refractivity contribution is 7.92. The molecule has 7 nitrogen and oxygen atoms in total. The summed E-state index contributed by atoms with van der Waals surface area (Å²) >= 11 is 0. The van der Waals surface area contributed by atoms with Crippen molar-refractivity contribution in [2.45, 2.75) is 33.2 Å². The van der Waals surface area contributed by atoms with Crippen molar-refractivity contribution in [1.82, 2.24) is 9.47 Å². The molecular weight excluding hydrogens is 412 g/mol. The Balaban J connectivity index is 1.74. The van der Waals surface area contributed by atoms with E-state index in [-0.39, 0.29) is 11.7 Å². The van der Waals surface area contributed by atoms with Crippen molar-refractivity contribution in [3.8, 4) is 11.3 Å². The minimum Gasteiger partial charge on any atom is -0.396 e. The van der Waals surface area contributed by atoms with Crippen molar-refractivity contribution < 1.29 is 13.2 Å². The molecule has 1 aliphatic heterocycles. The normalized spacial score (nSPS) is 14.3. The van der Waals surface area contributed by atoms with E-state index in [0.717, 1.165) is 48.1 Å². The predicted molar refractivity (Wildman–Crippen MR) is 126 cm³/mol. The predicted octanol–water partition coefficient (Wildman–Crippen LogP) is 3.91. The van der Waals surface area contributed by atoms with Crippen LogP contribution in [0.15, 0.2) is 42.5 Å². The second-order valence-electron chi connectivity index (χ2n) is 7.82. The van der Waals surface area contributed by atoms with Gasteiger partial charge >= 0.3 is 0 Å². The van der Waals surface area contributed by atoms with Gasteiger partial charge in [-0.15, -0.1) is 0 Å². The maximum absolute atomic E-state index is 12.9. The van der Waals surface area contributed by atoms with Gasteiger partial charge in [0, 0.05) is 41.8 Å². The molecule has 0 radical (unpaired) electrons. The van der Waals surface area contributed by atoms with Crippen molar-refractivity contribution in [2.75, 3.05) is 29.3 Å². The van der Waals surface area contributed by atoms with Crippen molar-refractivity contribution >= 4 is 38.2 Å². The first-order valence-corrected chi connectivity index (χ1v) is 12.3. The number of anilines is 2. The van der Waals surface area contributed by atoms with Gasteiger partial charge in [0.25, 0.3) is 5.91 Å². The monoisotopic (exact) mass is 440 g/mol. The van der Waals surface area contributed by atoms with Crippen LogP contribution in [0.5, 0.6) is 0 Å². The van der Waals surface area contributed by atoms with Crippen LogP contribution in [0.3, 0.4) is 0 Å². The third kappa shape index (κ3) is 3.99. The minimum absolute atomic E-state index is 0.0181. The van der Waals surface area contributed by atoms with E-state index in [4.69, 9.17) is 5.73 Å². The van der Waals surface area contributed by atoms with Crippen LogP contribution < -0.4 is 10.5 Å². The van der Waals surface area contributed by atoms with E-state index < -0.39 is 10.0 Å². The van der Waals surface area contributed by atoms with Crippen LogP contribution in [-0.4, -0.2) is 42.6 Å². The first-order valence-electron chi connectivity index (χ1n) is 10.7. The van der Waals surface area contributed by atoms with Crippen molar-refractivity contribution in [1.29, 1.82) is 0 Å². The fraction of sp³-hybridized carbons (Fsp3) is 0.348. The van der Waals surface area contributed by atoms with E-state index in [1.165, 1.54) is 0 Å². The molecule has 0 aliphatic carbocycles. The lowest BCUT2D eigenvalue weighted by Crippen LogP contribution is -2.27. The van der Waals surface area contributed by atoms with Gasteiger partial charge in [0.2, 0.25) is 10.0 Å². The lowest BCUT2D eigenvalue weighted by molar-refractivity contribution is 0.0793. The average Bonchev–Trinajstić information content (AvgIpc) is 3.40. The van der Waals surface area contributed by atoms with Gasteiger partial charge in [-0.1, -0.05) is 12.1 Å². The summed E-state index contributed by atoms with van der Waals surface area (Å²) in [6.45, 7) is 5.95. The van der Waals surface area contributed by atoms with Crippen molar-refractivity contribution in [3.05, 3.63) is 48.0 Å². The lowest BCUT2D eigenvalue weighted by atomic mass is 10.1. The molecule has 164 valence electrons. The number of nitrogens with zero attached hydrogens (tertiary/aromatic N) is 2. The molecule has 4 rings (SSSR count). The average molecular weight is 441 g/mol. The Labute approximate surface area is 182 Å². The van der Waals surface area contributed by atoms with E-state index in [9.17, 15) is 13.2 Å². The quantitative estimate of drug-likeness (QED) is 0.607. The summed E-state index contributed by atoms with van der Waals surface area (Å²) in [5.41, 5.74) is 11.1. The fourth-order valence-electron chi connectivity index (χ4n) is 4.20. The van der Waals surface area contributed by atoms with Gasteiger partial charge in [-0.25, -0.2) is 8.42 Å². The number of nitrogens with two attached hydrogens (primary N) is 1. The number of aryl methyl sites for hydroxylation is 1. The van der Waals surface area contributed by atoms with Gasteiger partial charge < -0.3 is 15.2 Å². The number of nitrogens with one attached hydrogen (secondary N) is 1. The van der Waals surface area contributed by atoms with E-state index in [2.05, 4.69) is 9.29 Å². The van der Waals surface area contributed by atoms with Gasteiger partial charge in [-0.2, -0.15) is 0 Å². The smallest absolute Gasteiger partial charge is 0.253 e. The van der Waals surface area contributed by atoms with E-state index in [1.54, 1.807) is 19.1 Å². The number of benzene rings is 2. The molecule has 2 heterocycles. The summed E-state index contributed by atoms with van der Waals surface area (Å²) in [4.78, 5) is 14.8. The Kier molecular flexibility index (Phi) is 5.66. The summed E-state index contributed by atoms with van der Waals surface area (Å²) in [7, 11) is -3.33. The molecule has 0 spiro atoms. The van der Waals surface area contributed by atoms with Crippen LogP contribution in [-0.2, 0) is 16.6 Å². The Bertz CT molecular complexity index is 1220. The number of hydrogen-bond acceptors (Lipinski definition) is 4. The van der Waals surface area contributed by atoms with Crippen LogP contribution in [0.1, 0.15) is 37.0 Å². The van der Waals surface area contributed by atoms with Crippen LogP contribution in [0.25, 0.3) is 22.2 Å². The Morgan fingerprint density at radius 1 is 1.06 bits per heavy atom. The maximum atomic E-state index is 12.9. The molecule has 1 fully saturated rings. The molecule has 1 aromatic heterocycles. The van der Waals surface area contributed by atoms with Crippen LogP contribution in [0, 0.1) is 0 Å². The van der Waals surface area contributed by atoms with Gasteiger partial charge in [0.1, 0.15) is 0 Å². The SMILES string of the molecule is CCn1c(-c2ccc(NS(=O)(=O)CC)cc2)c(N)c2ccc(C(=O)N3CCCC3)cc21. The molecule has 2 aromatic carbocycles. The third-order valence-corrected chi connectivity index (χ3v) is 7.18. The second-order valence-corrected chi connectivity index (χ2v) is 9.83. The number of carbonyl (C=O) groups is 1. The summed E-state index contributed by atoms with van der Waals surface area (Å²) in [6.07, 6.45) is 2.11. The molecule has 1 aliphatic rings. The number of nitrogen functional groups attached to an aromatic ring is 1. The highest BCUT2D eigenvalue weighted by Crippen LogP contribution is 2.37. The zero-order chi connectivity index (χ0) is 22.2. The molecule has 1 amide bonds. The van der Waals surface area contributed by atoms with Gasteiger partial charge in [0.15, 0.2) is 0 Å². The molecule has 0 saturated carbocycles. The summed E-state index contributed by atoms with van der Waals surface area (Å²) < 4.78 is 28.3. The molecule has 0 atom stereocenters. The van der Waals surface area contributed by atoms with Gasteiger partial charge in [-0.05, 0) is 57.0 Å². The topological polar surface area (TPSA) is 97.4 Å². The highest BCUT2D eigenvalue weighted by atomic mass is 32.2. The van der Waals surface area contributed by atoms with E-state index in [1.807, 2.05) is 42.2 Å². The Morgan fingerprint density at radius 3 is 2.35 bits per heavy atom. The summed E-state index contributed by atoms with van der Waals surface area (Å²) in [5, 5.41) is 0.908. The summed E-state index contributed by atoms with van der Waals surface area (Å²) in [6, 6.07) is 12.9. The van der Waals surface area contributed by atoms with Crippen LogP contribution in [0.4, 0.5) is 11.4 Å². The van der Waals surface area contributed by atoms with Crippen molar-refractivity contribution in [2.24, 2.45) is 0 Å². The number of rotatable bonds is 6. The molecule has 1 saturated heterocycles. The molecule has 31 heavy (non-hydrogen) atoms. The molecule has 0 bridgehead atoms. The summed E-state index contributed by atoms with van der Waals surface area (Å²) in [5.74, 6) is 0.0838. The first-order chi connectivity index (χ1) is 14.8. The molecular formula is C23H28N4O3S. The standard InChI is InChI=1S/C23H28N4O3S/c1-3-27-20-15-17(23(28)26-13-5-6-14-26)9-12-19(20)21(24)22(27)16-7-10-18(11-8-16)25-31(29,30)4-2/h7-12,15,25H,3-6,13-14,24H2,1-2H3. The van der Waals surface area contributed by atoms with Crippen LogP contribution in [0.2, 0.25) is 0 Å². The maximum Gasteiger partial charge on any atom is 0.253 e. The van der Waals surface area contributed by atoms with Gasteiger partial charge in [-0.3, -0.25) is 9.52 Å². The zero-order valence-electron chi connectivity index (χ0n) is 17.9. The van der Waals surface area contributed by atoms with E-state index in [0.29, 0.717) is 23.5 Å². The number of sulfonamides is 1. The Morgan fingerprint density at radius 2 is 1.74 bits per heavy atom. The third-order valence-electron chi connectivity index (χ3n) is 5.87. The van der Waals surface area contributed by atoms with Crippen LogP contribution >= 0.6 is 0 Å². The molecule has 3 aromatic rings. The number of carbonyl (C=O) groups excluding carboxylic acids is 1. The molecule has 0 unspecified atom stereocenters. The van der Waals surface area contributed by atoms with Gasteiger partial charge in [0.05, 0.1) is 22.7 Å².